The first kappa shape index (κ1) is 12.9. The van der Waals surface area contributed by atoms with Gasteiger partial charge in [-0.2, -0.15) is 0 Å². The zero-order valence-corrected chi connectivity index (χ0v) is 12.2. The van der Waals surface area contributed by atoms with Gasteiger partial charge in [-0.25, -0.2) is 0 Å². The zero-order chi connectivity index (χ0) is 15.7. The highest BCUT2D eigenvalue weighted by atomic mass is 16.4. The van der Waals surface area contributed by atoms with Crippen molar-refractivity contribution in [1.29, 1.82) is 0 Å². The largest absolute Gasteiger partial charge is 0.509 e. The molecule has 0 radical (unpaired) electrons. The van der Waals surface area contributed by atoms with Crippen molar-refractivity contribution in [2.24, 2.45) is 0 Å². The van der Waals surface area contributed by atoms with Crippen molar-refractivity contribution >= 4 is 38.4 Å². The summed E-state index contributed by atoms with van der Waals surface area (Å²) in [6, 6.07) is 16.4. The van der Waals surface area contributed by atoms with E-state index in [9.17, 15) is 15.3 Å². The van der Waals surface area contributed by atoms with E-state index >= 15 is 0 Å². The smallest absolute Gasteiger partial charge is 0.141 e. The third-order valence-electron chi connectivity index (χ3n) is 4.93. The van der Waals surface area contributed by atoms with E-state index in [1.54, 1.807) is 6.08 Å². The Balaban J connectivity index is 2.04. The molecule has 0 aliphatic heterocycles. The molecule has 0 bridgehead atoms. The Hall–Kier alpha value is -2.62. The molecule has 0 amide bonds. The number of rotatable bonds is 0. The monoisotopic (exact) mass is 302 g/mol. The van der Waals surface area contributed by atoms with Crippen LogP contribution in [0.1, 0.15) is 17.2 Å². The fourth-order valence-corrected chi connectivity index (χ4v) is 3.83. The van der Waals surface area contributed by atoms with E-state index in [-0.39, 0.29) is 5.76 Å². The van der Waals surface area contributed by atoms with Crippen LogP contribution in [0.2, 0.25) is 0 Å². The quantitative estimate of drug-likeness (QED) is 0.432. The van der Waals surface area contributed by atoms with Gasteiger partial charge < -0.3 is 15.3 Å². The Morgan fingerprint density at radius 3 is 2.22 bits per heavy atom. The maximum atomic E-state index is 10.3. The minimum atomic E-state index is -1.27. The van der Waals surface area contributed by atoms with Gasteiger partial charge in [-0.05, 0) is 55.6 Å². The molecule has 0 unspecified atom stereocenters. The lowest BCUT2D eigenvalue weighted by molar-refractivity contribution is 0.0161. The second-order valence-corrected chi connectivity index (χ2v) is 6.19. The third-order valence-corrected chi connectivity index (χ3v) is 4.93. The summed E-state index contributed by atoms with van der Waals surface area (Å²) in [5.74, 6) is -0.194. The van der Waals surface area contributed by atoms with Crippen LogP contribution >= 0.6 is 0 Å². The van der Waals surface area contributed by atoms with Crippen molar-refractivity contribution in [1.82, 2.24) is 0 Å². The first-order valence-electron chi connectivity index (χ1n) is 7.62. The van der Waals surface area contributed by atoms with Gasteiger partial charge >= 0.3 is 0 Å². The number of hydrogen-bond donors (Lipinski definition) is 3. The molecule has 0 heterocycles. The summed E-state index contributed by atoms with van der Waals surface area (Å²) in [6.45, 7) is 0. The molecule has 0 saturated heterocycles. The second-order valence-electron chi connectivity index (χ2n) is 6.19. The summed E-state index contributed by atoms with van der Waals surface area (Å²) in [5, 5.41) is 36.9. The predicted molar refractivity (Wildman–Crippen MR) is 91.7 cm³/mol. The molecule has 0 aromatic heterocycles. The average molecular weight is 302 g/mol. The SMILES string of the molecule is OC1=Cc2c(cc3ccc4cccc5ccc2c3c45)[C@H](O)[C@H]1O. The topological polar surface area (TPSA) is 60.7 Å². The number of aliphatic hydroxyl groups excluding tert-OH is 3. The normalized spacial score (nSPS) is 21.0. The molecule has 23 heavy (non-hydrogen) atoms. The summed E-state index contributed by atoms with van der Waals surface area (Å²) in [6.07, 6.45) is -0.814. The zero-order valence-electron chi connectivity index (χ0n) is 12.2. The molecule has 3 heteroatoms. The molecule has 1 aliphatic rings. The first-order valence-corrected chi connectivity index (χ1v) is 7.62. The molecule has 4 aromatic carbocycles. The summed E-state index contributed by atoms with van der Waals surface area (Å²) in [5.41, 5.74) is 1.44. The van der Waals surface area contributed by atoms with Gasteiger partial charge in [-0.15, -0.1) is 0 Å². The Kier molecular flexibility index (Phi) is 2.36. The summed E-state index contributed by atoms with van der Waals surface area (Å²) >= 11 is 0. The van der Waals surface area contributed by atoms with Crippen LogP contribution in [0.3, 0.4) is 0 Å². The fourth-order valence-electron chi connectivity index (χ4n) is 3.83. The van der Waals surface area contributed by atoms with Gasteiger partial charge in [0, 0.05) is 0 Å². The minimum Gasteiger partial charge on any atom is -0.509 e. The summed E-state index contributed by atoms with van der Waals surface area (Å²) in [7, 11) is 0. The van der Waals surface area contributed by atoms with Crippen molar-refractivity contribution in [2.45, 2.75) is 12.2 Å². The fraction of sp³-hybridized carbons (Fsp3) is 0.100. The molecule has 0 spiro atoms. The molecule has 3 nitrogen and oxygen atoms in total. The Labute approximate surface area is 132 Å². The van der Waals surface area contributed by atoms with Crippen LogP contribution in [-0.2, 0) is 0 Å². The predicted octanol–water partition coefficient (Wildman–Crippen LogP) is 3.89. The molecular weight excluding hydrogens is 288 g/mol. The minimum absolute atomic E-state index is 0.194. The van der Waals surface area contributed by atoms with E-state index < -0.39 is 12.2 Å². The lowest BCUT2D eigenvalue weighted by Gasteiger charge is -2.26. The van der Waals surface area contributed by atoms with Crippen LogP contribution in [0.5, 0.6) is 0 Å². The van der Waals surface area contributed by atoms with Crippen molar-refractivity contribution in [2.75, 3.05) is 0 Å². The third kappa shape index (κ3) is 1.55. The van der Waals surface area contributed by atoms with E-state index in [1.165, 1.54) is 16.2 Å². The van der Waals surface area contributed by atoms with E-state index in [0.717, 1.165) is 21.7 Å². The van der Waals surface area contributed by atoms with Crippen LogP contribution in [0.4, 0.5) is 0 Å². The summed E-state index contributed by atoms with van der Waals surface area (Å²) < 4.78 is 0. The molecule has 5 rings (SSSR count). The van der Waals surface area contributed by atoms with Gasteiger partial charge in [-0.3, -0.25) is 0 Å². The lowest BCUT2D eigenvalue weighted by Crippen LogP contribution is -2.24. The Morgan fingerprint density at radius 1 is 0.739 bits per heavy atom. The van der Waals surface area contributed by atoms with E-state index in [2.05, 4.69) is 24.3 Å². The maximum Gasteiger partial charge on any atom is 0.141 e. The van der Waals surface area contributed by atoms with Gasteiger partial charge in [0.25, 0.3) is 0 Å². The van der Waals surface area contributed by atoms with Crippen molar-refractivity contribution in [3.05, 3.63) is 65.4 Å². The standard InChI is InChI=1S/C20H14O3/c21-16-9-14-13-7-6-11-3-1-2-10-4-5-12(18(13)17(10)11)8-15(14)19(22)20(16)23/h1-9,19-23H/t19-,20-/m0/s1. The second kappa shape index (κ2) is 4.22. The van der Waals surface area contributed by atoms with E-state index in [4.69, 9.17) is 0 Å². The first-order chi connectivity index (χ1) is 11.1. The molecule has 3 N–H and O–H groups in total. The molecule has 112 valence electrons. The van der Waals surface area contributed by atoms with Crippen LogP contribution in [0.15, 0.2) is 54.3 Å². The van der Waals surface area contributed by atoms with Crippen molar-refractivity contribution < 1.29 is 15.3 Å². The van der Waals surface area contributed by atoms with Gasteiger partial charge in [0.05, 0.1) is 0 Å². The maximum absolute atomic E-state index is 10.3. The number of benzene rings is 4. The Bertz CT molecular complexity index is 1090. The van der Waals surface area contributed by atoms with E-state index in [0.29, 0.717) is 5.56 Å². The molecule has 0 saturated carbocycles. The number of aliphatic hydroxyl groups is 3. The number of fused-ring (bicyclic) bond motifs is 2. The van der Waals surface area contributed by atoms with Gasteiger partial charge in [0.15, 0.2) is 0 Å². The van der Waals surface area contributed by atoms with Crippen LogP contribution in [0.25, 0.3) is 38.4 Å². The van der Waals surface area contributed by atoms with Crippen LogP contribution < -0.4 is 0 Å². The van der Waals surface area contributed by atoms with Gasteiger partial charge in [-0.1, -0.05) is 42.5 Å². The molecule has 1 aliphatic carbocycles. The molecule has 4 aromatic rings. The lowest BCUT2D eigenvalue weighted by atomic mass is 9.84. The van der Waals surface area contributed by atoms with E-state index in [1.807, 2.05) is 24.3 Å². The molecular formula is C20H14O3. The molecule has 2 atom stereocenters. The number of hydrogen-bond acceptors (Lipinski definition) is 3. The highest BCUT2D eigenvalue weighted by molar-refractivity contribution is 6.24. The average Bonchev–Trinajstić information content (AvgIpc) is 2.58. The Morgan fingerprint density at radius 2 is 1.43 bits per heavy atom. The van der Waals surface area contributed by atoms with Gasteiger partial charge in [0.2, 0.25) is 0 Å². The van der Waals surface area contributed by atoms with Gasteiger partial charge in [0.1, 0.15) is 18.0 Å². The van der Waals surface area contributed by atoms with Crippen LogP contribution in [-0.4, -0.2) is 21.4 Å². The molecule has 0 fully saturated rings. The highest BCUT2D eigenvalue weighted by Crippen LogP contribution is 2.42. The highest BCUT2D eigenvalue weighted by Gasteiger charge is 2.30. The van der Waals surface area contributed by atoms with Crippen molar-refractivity contribution in [3.8, 4) is 0 Å². The van der Waals surface area contributed by atoms with Crippen LogP contribution in [0, 0.1) is 0 Å². The summed E-state index contributed by atoms with van der Waals surface area (Å²) in [4.78, 5) is 0. The van der Waals surface area contributed by atoms with Crippen molar-refractivity contribution in [3.63, 3.8) is 0 Å².